The van der Waals surface area contributed by atoms with E-state index in [-0.39, 0.29) is 12.2 Å². The molecule has 0 spiro atoms. The fraction of sp³-hybridized carbons (Fsp3) is 0.200. The minimum absolute atomic E-state index is 0.00782. The Morgan fingerprint density at radius 1 is 1.82 bits per heavy atom. The zero-order valence-corrected chi connectivity index (χ0v) is 5.53. The summed E-state index contributed by atoms with van der Waals surface area (Å²) in [6.07, 6.45) is 1.34. The number of H-pyrrole nitrogens is 1. The van der Waals surface area contributed by atoms with Crippen molar-refractivity contribution in [2.45, 2.75) is 6.54 Å². The Kier molecular flexibility index (Phi) is 2.19. The quantitative estimate of drug-likeness (QED) is 0.447. The lowest BCUT2D eigenvalue weighted by molar-refractivity contribution is 0.0688. The summed E-state index contributed by atoms with van der Waals surface area (Å²) in [5.41, 5.74) is 2.25. The molecule has 60 valence electrons. The van der Waals surface area contributed by atoms with E-state index in [1.807, 2.05) is 5.48 Å². The molecule has 1 rings (SSSR count). The van der Waals surface area contributed by atoms with Gasteiger partial charge in [0, 0.05) is 12.1 Å². The van der Waals surface area contributed by atoms with Gasteiger partial charge in [-0.25, -0.2) is 10.3 Å². The van der Waals surface area contributed by atoms with Crippen molar-refractivity contribution in [1.82, 2.24) is 15.7 Å². The maximum Gasteiger partial charge on any atom is 0.354 e. The van der Waals surface area contributed by atoms with Gasteiger partial charge in [0.15, 0.2) is 0 Å². The van der Waals surface area contributed by atoms with Gasteiger partial charge in [0.2, 0.25) is 0 Å². The summed E-state index contributed by atoms with van der Waals surface area (Å²) in [5.74, 6) is -1.09. The number of aromatic amines is 1. The number of rotatable bonds is 3. The molecule has 0 saturated heterocycles. The summed E-state index contributed by atoms with van der Waals surface area (Å²) in [7, 11) is 0. The number of nitrogens with zero attached hydrogens (tertiary/aromatic N) is 1. The molecular weight excluding hydrogens is 150 g/mol. The minimum Gasteiger partial charge on any atom is -0.477 e. The molecule has 0 aliphatic rings. The molecule has 0 radical (unpaired) electrons. The number of aromatic carboxylic acids is 1. The van der Waals surface area contributed by atoms with Crippen LogP contribution in [0, 0.1) is 0 Å². The molecule has 0 aliphatic carbocycles. The number of carboxylic acid groups (broad SMARTS) is 1. The van der Waals surface area contributed by atoms with Crippen LogP contribution in [0.2, 0.25) is 0 Å². The fourth-order valence-corrected chi connectivity index (χ4v) is 0.715. The lowest BCUT2D eigenvalue weighted by Crippen LogP contribution is -2.09. The largest absolute Gasteiger partial charge is 0.477 e. The third-order valence-electron chi connectivity index (χ3n) is 1.20. The van der Waals surface area contributed by atoms with Crippen molar-refractivity contribution in [1.29, 1.82) is 0 Å². The Morgan fingerprint density at radius 3 is 3.09 bits per heavy atom. The Morgan fingerprint density at radius 2 is 2.55 bits per heavy atom. The van der Waals surface area contributed by atoms with Gasteiger partial charge < -0.3 is 10.3 Å². The van der Waals surface area contributed by atoms with Crippen molar-refractivity contribution in [2.24, 2.45) is 0 Å². The van der Waals surface area contributed by atoms with Gasteiger partial charge in [0.05, 0.1) is 6.20 Å². The molecule has 0 aromatic carbocycles. The SMILES string of the molecule is O=C(O)c1[nH]ncc1CNO. The summed E-state index contributed by atoms with van der Waals surface area (Å²) in [6.45, 7) is 0.0676. The Bertz CT molecular complexity index is 257. The highest BCUT2D eigenvalue weighted by Crippen LogP contribution is 2.02. The fourth-order valence-electron chi connectivity index (χ4n) is 0.715. The van der Waals surface area contributed by atoms with E-state index in [1.54, 1.807) is 0 Å². The maximum absolute atomic E-state index is 10.4. The van der Waals surface area contributed by atoms with Crippen LogP contribution in [0.1, 0.15) is 16.1 Å². The summed E-state index contributed by atoms with van der Waals surface area (Å²) in [5, 5.41) is 22.6. The molecule has 11 heavy (non-hydrogen) atoms. The molecule has 0 unspecified atom stereocenters. The Hall–Kier alpha value is -1.40. The first-order chi connectivity index (χ1) is 5.25. The lowest BCUT2D eigenvalue weighted by atomic mass is 10.2. The molecule has 6 heteroatoms. The van der Waals surface area contributed by atoms with Crippen LogP contribution in [0.4, 0.5) is 0 Å². The highest BCUT2D eigenvalue weighted by atomic mass is 16.5. The normalized spacial score (nSPS) is 9.91. The summed E-state index contributed by atoms with van der Waals surface area (Å²) in [6, 6.07) is 0. The van der Waals surface area contributed by atoms with E-state index >= 15 is 0 Å². The molecule has 1 heterocycles. The van der Waals surface area contributed by atoms with E-state index in [1.165, 1.54) is 6.20 Å². The number of carboxylic acids is 1. The highest BCUT2D eigenvalue weighted by Gasteiger charge is 2.10. The van der Waals surface area contributed by atoms with Gasteiger partial charge in [-0.15, -0.1) is 0 Å². The number of carbonyl (C=O) groups is 1. The van der Waals surface area contributed by atoms with Crippen LogP contribution in [0.5, 0.6) is 0 Å². The molecule has 0 bridgehead atoms. The maximum atomic E-state index is 10.4. The van der Waals surface area contributed by atoms with Gasteiger partial charge in [-0.05, 0) is 0 Å². The third-order valence-corrected chi connectivity index (χ3v) is 1.20. The first kappa shape index (κ1) is 7.70. The Balaban J connectivity index is 2.87. The smallest absolute Gasteiger partial charge is 0.354 e. The van der Waals surface area contributed by atoms with Gasteiger partial charge in [-0.3, -0.25) is 5.10 Å². The van der Waals surface area contributed by atoms with Gasteiger partial charge in [-0.1, -0.05) is 0 Å². The third kappa shape index (κ3) is 1.54. The second-order valence-corrected chi connectivity index (χ2v) is 1.91. The van der Waals surface area contributed by atoms with Crippen LogP contribution >= 0.6 is 0 Å². The summed E-state index contributed by atoms with van der Waals surface area (Å²) >= 11 is 0. The average molecular weight is 157 g/mol. The van der Waals surface area contributed by atoms with E-state index in [0.29, 0.717) is 5.56 Å². The molecule has 0 amide bonds. The number of hydroxylamine groups is 1. The minimum atomic E-state index is -1.09. The Labute approximate surface area is 61.8 Å². The molecule has 1 aromatic rings. The standard InChI is InChI=1S/C5H7N3O3/c9-5(10)4-3(2-7-11)1-6-8-4/h1,7,11H,2H2,(H,6,8)(H,9,10). The van der Waals surface area contributed by atoms with Crippen molar-refractivity contribution in [2.75, 3.05) is 0 Å². The van der Waals surface area contributed by atoms with E-state index in [9.17, 15) is 4.79 Å². The van der Waals surface area contributed by atoms with E-state index in [0.717, 1.165) is 0 Å². The summed E-state index contributed by atoms with van der Waals surface area (Å²) < 4.78 is 0. The van der Waals surface area contributed by atoms with Crippen LogP contribution in [0.3, 0.4) is 0 Å². The zero-order chi connectivity index (χ0) is 8.27. The molecular formula is C5H7N3O3. The first-order valence-corrected chi connectivity index (χ1v) is 2.88. The van der Waals surface area contributed by atoms with Crippen LogP contribution < -0.4 is 5.48 Å². The first-order valence-electron chi connectivity index (χ1n) is 2.88. The number of hydrogen-bond donors (Lipinski definition) is 4. The monoisotopic (exact) mass is 157 g/mol. The number of hydrogen-bond acceptors (Lipinski definition) is 4. The van der Waals surface area contributed by atoms with E-state index in [4.69, 9.17) is 10.3 Å². The van der Waals surface area contributed by atoms with Crippen molar-refractivity contribution in [3.63, 3.8) is 0 Å². The van der Waals surface area contributed by atoms with Crippen molar-refractivity contribution < 1.29 is 15.1 Å². The van der Waals surface area contributed by atoms with Crippen LogP contribution in [-0.4, -0.2) is 26.5 Å². The molecule has 4 N–H and O–H groups in total. The molecule has 0 atom stereocenters. The number of aromatic nitrogens is 2. The summed E-state index contributed by atoms with van der Waals surface area (Å²) in [4.78, 5) is 10.4. The topological polar surface area (TPSA) is 98.2 Å². The highest BCUT2D eigenvalue weighted by molar-refractivity contribution is 5.86. The molecule has 0 fully saturated rings. The van der Waals surface area contributed by atoms with Gasteiger partial charge in [0.1, 0.15) is 5.69 Å². The molecule has 1 aromatic heterocycles. The van der Waals surface area contributed by atoms with Crippen LogP contribution in [0.15, 0.2) is 6.20 Å². The zero-order valence-electron chi connectivity index (χ0n) is 5.53. The van der Waals surface area contributed by atoms with Gasteiger partial charge >= 0.3 is 5.97 Å². The van der Waals surface area contributed by atoms with Crippen LogP contribution in [0.25, 0.3) is 0 Å². The lowest BCUT2D eigenvalue weighted by Gasteiger charge is -1.94. The van der Waals surface area contributed by atoms with Crippen molar-refractivity contribution in [3.05, 3.63) is 17.5 Å². The van der Waals surface area contributed by atoms with Gasteiger partial charge in [0.25, 0.3) is 0 Å². The van der Waals surface area contributed by atoms with Crippen molar-refractivity contribution in [3.8, 4) is 0 Å². The van der Waals surface area contributed by atoms with E-state index < -0.39 is 5.97 Å². The number of nitrogens with one attached hydrogen (secondary N) is 2. The molecule has 0 aliphatic heterocycles. The van der Waals surface area contributed by atoms with E-state index in [2.05, 4.69) is 10.2 Å². The van der Waals surface area contributed by atoms with Gasteiger partial charge in [-0.2, -0.15) is 5.10 Å². The molecule has 6 nitrogen and oxygen atoms in total. The second kappa shape index (κ2) is 3.13. The second-order valence-electron chi connectivity index (χ2n) is 1.91. The van der Waals surface area contributed by atoms with Crippen molar-refractivity contribution >= 4 is 5.97 Å². The van der Waals surface area contributed by atoms with Crippen LogP contribution in [-0.2, 0) is 6.54 Å². The predicted molar refractivity (Wildman–Crippen MR) is 34.2 cm³/mol. The predicted octanol–water partition coefficient (Wildman–Crippen LogP) is -0.413. The average Bonchev–Trinajstić information content (AvgIpc) is 2.36. The molecule has 0 saturated carbocycles.